The molecule has 2 aromatic carbocycles. The minimum atomic E-state index is -0.382. The van der Waals surface area contributed by atoms with Crippen LogP contribution in [0, 0.1) is 16.7 Å². The highest BCUT2D eigenvalue weighted by Crippen LogP contribution is 2.46. The van der Waals surface area contributed by atoms with Crippen molar-refractivity contribution in [3.8, 4) is 22.9 Å². The molecule has 0 amide bonds. The molecule has 1 fully saturated rings. The molecule has 0 aromatic heterocycles. The van der Waals surface area contributed by atoms with Crippen molar-refractivity contribution in [2.45, 2.75) is 90.1 Å². The fourth-order valence-corrected chi connectivity index (χ4v) is 5.36. The summed E-state index contributed by atoms with van der Waals surface area (Å²) in [6, 6.07) is 20.0. The van der Waals surface area contributed by atoms with Crippen molar-refractivity contribution in [3.63, 3.8) is 0 Å². The second kappa shape index (κ2) is 13.9. The van der Waals surface area contributed by atoms with E-state index in [1.165, 1.54) is 22.8 Å². The Kier molecular flexibility index (Phi) is 10.6. The van der Waals surface area contributed by atoms with Crippen LogP contribution in [0.4, 0.5) is 0 Å². The number of rotatable bonds is 13. The zero-order valence-corrected chi connectivity index (χ0v) is 22.0. The number of nitrogens with zero attached hydrogens (tertiary/aromatic N) is 1. The number of unbranched alkanes of at least 4 members (excludes halogenated alkanes) is 1. The number of esters is 1. The SMILES string of the molecule is C=CC(=O)OCCCCC1(C#N)CCCC(c2ccc(-c3ccc(OC(CC)CCC)cc3)cc2)C1. The highest BCUT2D eigenvalue weighted by atomic mass is 16.5. The lowest BCUT2D eigenvalue weighted by Gasteiger charge is -2.36. The van der Waals surface area contributed by atoms with Gasteiger partial charge in [0, 0.05) is 6.08 Å². The molecule has 4 nitrogen and oxygen atoms in total. The minimum absolute atomic E-state index is 0.283. The molecule has 1 aliphatic carbocycles. The van der Waals surface area contributed by atoms with Crippen molar-refractivity contribution < 1.29 is 14.3 Å². The van der Waals surface area contributed by atoms with Gasteiger partial charge in [0.25, 0.3) is 0 Å². The number of carbonyl (C=O) groups is 1. The number of hydrogen-bond donors (Lipinski definition) is 0. The van der Waals surface area contributed by atoms with Crippen molar-refractivity contribution >= 4 is 5.97 Å². The second-order valence-corrected chi connectivity index (χ2v) is 10.1. The lowest BCUT2D eigenvalue weighted by Crippen LogP contribution is -2.26. The largest absolute Gasteiger partial charge is 0.490 e. The van der Waals surface area contributed by atoms with Gasteiger partial charge in [0.05, 0.1) is 24.2 Å². The molecule has 36 heavy (non-hydrogen) atoms. The fraction of sp³-hybridized carbons (Fsp3) is 0.500. The predicted molar refractivity (Wildman–Crippen MR) is 146 cm³/mol. The van der Waals surface area contributed by atoms with Gasteiger partial charge >= 0.3 is 5.97 Å². The van der Waals surface area contributed by atoms with Gasteiger partial charge in [-0.05, 0) is 86.1 Å². The maximum absolute atomic E-state index is 11.2. The second-order valence-electron chi connectivity index (χ2n) is 10.1. The smallest absolute Gasteiger partial charge is 0.330 e. The van der Waals surface area contributed by atoms with E-state index in [0.29, 0.717) is 12.5 Å². The van der Waals surface area contributed by atoms with Gasteiger partial charge in [-0.2, -0.15) is 5.26 Å². The highest BCUT2D eigenvalue weighted by Gasteiger charge is 2.36. The van der Waals surface area contributed by atoms with E-state index < -0.39 is 0 Å². The van der Waals surface area contributed by atoms with Crippen molar-refractivity contribution in [2.24, 2.45) is 5.41 Å². The summed E-state index contributed by atoms with van der Waals surface area (Å²) in [4.78, 5) is 11.2. The van der Waals surface area contributed by atoms with Gasteiger partial charge in [-0.3, -0.25) is 0 Å². The van der Waals surface area contributed by atoms with Crippen molar-refractivity contribution in [3.05, 3.63) is 66.7 Å². The number of benzene rings is 2. The Morgan fingerprint density at radius 3 is 2.44 bits per heavy atom. The van der Waals surface area contributed by atoms with Gasteiger partial charge in [0.2, 0.25) is 0 Å². The summed E-state index contributed by atoms with van der Waals surface area (Å²) in [6.07, 6.45) is 11.3. The standard InChI is InChI=1S/C32H41NO3/c1-4-10-29(5-2)36-30-18-16-26(17-19-30)25-12-14-27(15-13-25)28-11-9-21-32(23-28,24-33)20-7-8-22-35-31(34)6-3/h6,12-19,28-29H,3-5,7-11,20-23H2,1-2H3. The van der Waals surface area contributed by atoms with E-state index in [-0.39, 0.29) is 17.5 Å². The van der Waals surface area contributed by atoms with E-state index in [9.17, 15) is 10.1 Å². The molecule has 0 bridgehead atoms. The normalized spacial score (nSPS) is 20.2. The maximum atomic E-state index is 11.2. The summed E-state index contributed by atoms with van der Waals surface area (Å²) in [5, 5.41) is 10.0. The van der Waals surface area contributed by atoms with Gasteiger partial charge in [0.15, 0.2) is 0 Å². The van der Waals surface area contributed by atoms with Crippen LogP contribution in [-0.4, -0.2) is 18.7 Å². The molecular weight excluding hydrogens is 446 g/mol. The van der Waals surface area contributed by atoms with Gasteiger partial charge in [0.1, 0.15) is 5.75 Å². The lowest BCUT2D eigenvalue weighted by atomic mass is 9.66. The van der Waals surface area contributed by atoms with Crippen LogP contribution < -0.4 is 4.74 Å². The molecule has 0 aliphatic heterocycles. The Bertz CT molecular complexity index is 1010. The van der Waals surface area contributed by atoms with Crippen molar-refractivity contribution in [1.82, 2.24) is 0 Å². The summed E-state index contributed by atoms with van der Waals surface area (Å²) in [5.41, 5.74) is 3.42. The van der Waals surface area contributed by atoms with Crippen LogP contribution in [0.5, 0.6) is 5.75 Å². The minimum Gasteiger partial charge on any atom is -0.490 e. The van der Waals surface area contributed by atoms with Gasteiger partial charge in [-0.1, -0.05) is 69.7 Å². The Balaban J connectivity index is 1.58. The first kappa shape index (κ1) is 27.5. The molecule has 1 aliphatic rings. The molecule has 2 aromatic rings. The first-order chi connectivity index (χ1) is 17.5. The average molecular weight is 488 g/mol. The Hall–Kier alpha value is -3.06. The van der Waals surface area contributed by atoms with Crippen LogP contribution in [0.1, 0.15) is 89.5 Å². The first-order valence-electron chi connectivity index (χ1n) is 13.6. The average Bonchev–Trinajstić information content (AvgIpc) is 2.93. The predicted octanol–water partition coefficient (Wildman–Crippen LogP) is 8.38. The van der Waals surface area contributed by atoms with Crippen molar-refractivity contribution in [1.29, 1.82) is 5.26 Å². The fourth-order valence-electron chi connectivity index (χ4n) is 5.36. The number of nitriles is 1. The van der Waals surface area contributed by atoms with E-state index in [0.717, 1.165) is 70.0 Å². The van der Waals surface area contributed by atoms with Crippen LogP contribution in [-0.2, 0) is 9.53 Å². The van der Waals surface area contributed by atoms with Crippen LogP contribution in [0.25, 0.3) is 11.1 Å². The van der Waals surface area contributed by atoms with Crippen molar-refractivity contribution in [2.75, 3.05) is 6.61 Å². The summed E-state index contributed by atoms with van der Waals surface area (Å²) in [6.45, 7) is 8.17. The topological polar surface area (TPSA) is 59.3 Å². The van der Waals surface area contributed by atoms with Gasteiger partial charge < -0.3 is 9.47 Å². The van der Waals surface area contributed by atoms with Crippen LogP contribution in [0.15, 0.2) is 61.2 Å². The van der Waals surface area contributed by atoms with E-state index in [1.807, 2.05) is 0 Å². The molecule has 0 N–H and O–H groups in total. The third-order valence-electron chi connectivity index (χ3n) is 7.48. The van der Waals surface area contributed by atoms with Crippen LogP contribution in [0.3, 0.4) is 0 Å². The Labute approximate surface area is 217 Å². The molecule has 0 heterocycles. The van der Waals surface area contributed by atoms with Crippen LogP contribution >= 0.6 is 0 Å². The van der Waals surface area contributed by atoms with Gasteiger partial charge in [-0.25, -0.2) is 4.79 Å². The van der Waals surface area contributed by atoms with E-state index in [2.05, 4.69) is 75.0 Å². The number of ether oxygens (including phenoxy) is 2. The molecule has 0 radical (unpaired) electrons. The number of carbonyl (C=O) groups excluding carboxylic acids is 1. The molecular formula is C32H41NO3. The Morgan fingerprint density at radius 2 is 1.83 bits per heavy atom. The molecule has 3 unspecified atom stereocenters. The molecule has 192 valence electrons. The van der Waals surface area contributed by atoms with Gasteiger partial charge in [-0.15, -0.1) is 0 Å². The van der Waals surface area contributed by atoms with E-state index in [1.54, 1.807) is 0 Å². The summed E-state index contributed by atoms with van der Waals surface area (Å²) in [7, 11) is 0. The maximum Gasteiger partial charge on any atom is 0.330 e. The molecule has 3 rings (SSSR count). The lowest BCUT2D eigenvalue weighted by molar-refractivity contribution is -0.137. The Morgan fingerprint density at radius 1 is 1.14 bits per heavy atom. The summed E-state index contributed by atoms with van der Waals surface area (Å²) in [5.74, 6) is 0.962. The third-order valence-corrected chi connectivity index (χ3v) is 7.48. The third kappa shape index (κ3) is 7.72. The zero-order valence-electron chi connectivity index (χ0n) is 22.0. The molecule has 3 atom stereocenters. The van der Waals surface area contributed by atoms with E-state index in [4.69, 9.17) is 9.47 Å². The molecule has 0 spiro atoms. The summed E-state index contributed by atoms with van der Waals surface area (Å²) < 4.78 is 11.2. The molecule has 1 saturated carbocycles. The monoisotopic (exact) mass is 487 g/mol. The summed E-state index contributed by atoms with van der Waals surface area (Å²) >= 11 is 0. The quantitative estimate of drug-likeness (QED) is 0.162. The zero-order chi connectivity index (χ0) is 25.8. The highest BCUT2D eigenvalue weighted by molar-refractivity contribution is 5.81. The molecule has 0 saturated heterocycles. The number of hydrogen-bond acceptors (Lipinski definition) is 4. The van der Waals surface area contributed by atoms with E-state index >= 15 is 0 Å². The molecule has 4 heteroatoms. The first-order valence-corrected chi connectivity index (χ1v) is 13.6. The van der Waals surface area contributed by atoms with Crippen LogP contribution in [0.2, 0.25) is 0 Å².